The van der Waals surface area contributed by atoms with E-state index in [9.17, 15) is 31.5 Å². The highest BCUT2D eigenvalue weighted by molar-refractivity contribution is 7.89. The molecule has 2 bridgehead atoms. The summed E-state index contributed by atoms with van der Waals surface area (Å²) < 4.78 is 70.1. The van der Waals surface area contributed by atoms with Crippen LogP contribution in [0.1, 0.15) is 46.8 Å². The summed E-state index contributed by atoms with van der Waals surface area (Å²) in [6.45, 7) is 2.45. The summed E-state index contributed by atoms with van der Waals surface area (Å²) in [5, 5.41) is 20.4. The van der Waals surface area contributed by atoms with E-state index in [0.717, 1.165) is 4.40 Å². The molecule has 0 saturated carbocycles. The van der Waals surface area contributed by atoms with Gasteiger partial charge >= 0.3 is 12.1 Å². The number of nitrogens with zero attached hydrogens (tertiary/aromatic N) is 6. The second kappa shape index (κ2) is 8.88. The average Bonchev–Trinajstić information content (AvgIpc) is 3.26. The van der Waals surface area contributed by atoms with Crippen LogP contribution in [0.3, 0.4) is 0 Å². The highest BCUT2D eigenvalue weighted by Crippen LogP contribution is 2.46. The maximum absolute atomic E-state index is 13.8. The van der Waals surface area contributed by atoms with Crippen molar-refractivity contribution in [2.75, 3.05) is 23.3 Å². The molecule has 1 saturated heterocycles. The lowest BCUT2D eigenvalue weighted by atomic mass is 9.85. The monoisotopic (exact) mass is 599 g/mol. The lowest BCUT2D eigenvalue weighted by Crippen LogP contribution is -2.68. The van der Waals surface area contributed by atoms with Crippen molar-refractivity contribution < 1.29 is 31.5 Å². The van der Waals surface area contributed by atoms with E-state index in [1.54, 1.807) is 37.4 Å². The molecule has 7 rings (SSSR count). The second-order valence-electron chi connectivity index (χ2n) is 10.8. The lowest BCUT2D eigenvalue weighted by Gasteiger charge is -2.53. The number of fused-ring (bicyclic) bond motifs is 5. The largest absolute Gasteiger partial charge is 0.481 e. The van der Waals surface area contributed by atoms with Crippen molar-refractivity contribution in [2.45, 2.75) is 49.0 Å². The Morgan fingerprint density at radius 2 is 2.02 bits per heavy atom. The van der Waals surface area contributed by atoms with Crippen LogP contribution >= 0.6 is 0 Å². The number of carboxylic acids is 1. The van der Waals surface area contributed by atoms with Crippen LogP contribution in [0.4, 0.5) is 24.7 Å². The van der Waals surface area contributed by atoms with E-state index in [2.05, 4.69) is 20.5 Å². The number of carbonyl (C=O) groups is 1. The molecule has 1 spiro atoms. The Labute approximate surface area is 237 Å². The van der Waals surface area contributed by atoms with Gasteiger partial charge in [0, 0.05) is 43.5 Å². The predicted molar refractivity (Wildman–Crippen MR) is 143 cm³/mol. The number of aromatic nitrogens is 4. The molecular weight excluding hydrogens is 575 g/mol. The zero-order chi connectivity index (χ0) is 29.6. The van der Waals surface area contributed by atoms with E-state index in [0.29, 0.717) is 46.7 Å². The molecule has 3 atom stereocenters. The van der Waals surface area contributed by atoms with Crippen LogP contribution < -0.4 is 10.2 Å². The first-order valence-corrected chi connectivity index (χ1v) is 14.6. The number of anilines is 2. The first-order chi connectivity index (χ1) is 19.9. The minimum absolute atomic E-state index is 0.0228. The van der Waals surface area contributed by atoms with Crippen LogP contribution in [-0.4, -0.2) is 62.1 Å². The SMILES string of the molecule is Cc1c([C@H](CC(=O)O)c2ccc3c(c2)CN2C[C@]4(CCN4c4ncccc4S2(=O)=O)N3)ccn2c(C(F)(F)F)nnc12. The third-order valence-corrected chi connectivity index (χ3v) is 10.3. The molecule has 2 N–H and O–H groups in total. The van der Waals surface area contributed by atoms with E-state index >= 15 is 0 Å². The number of nitrogens with one attached hydrogen (secondary N) is 1. The summed E-state index contributed by atoms with van der Waals surface area (Å²) in [6.07, 6.45) is -1.60. The number of aliphatic carboxylic acids is 1. The van der Waals surface area contributed by atoms with Crippen LogP contribution in [0.15, 0.2) is 53.7 Å². The van der Waals surface area contributed by atoms with E-state index in [1.807, 2.05) is 11.0 Å². The van der Waals surface area contributed by atoms with Gasteiger partial charge in [-0.15, -0.1) is 10.2 Å². The normalized spacial score (nSPS) is 23.0. The first-order valence-electron chi connectivity index (χ1n) is 13.2. The van der Waals surface area contributed by atoms with Crippen LogP contribution in [0, 0.1) is 6.92 Å². The maximum atomic E-state index is 13.8. The van der Waals surface area contributed by atoms with Crippen LogP contribution in [-0.2, 0) is 27.5 Å². The molecule has 1 unspecified atom stereocenters. The van der Waals surface area contributed by atoms with Gasteiger partial charge in [-0.2, -0.15) is 17.5 Å². The predicted octanol–water partition coefficient (Wildman–Crippen LogP) is 3.59. The van der Waals surface area contributed by atoms with Gasteiger partial charge in [0.1, 0.15) is 10.6 Å². The molecule has 3 aliphatic heterocycles. The van der Waals surface area contributed by atoms with E-state index < -0.39 is 39.6 Å². The van der Waals surface area contributed by atoms with Gasteiger partial charge in [0.25, 0.3) is 0 Å². The minimum atomic E-state index is -4.71. The number of alkyl halides is 3. The molecule has 4 aromatic rings. The van der Waals surface area contributed by atoms with E-state index in [4.69, 9.17) is 0 Å². The van der Waals surface area contributed by atoms with Crippen molar-refractivity contribution in [3.63, 3.8) is 0 Å². The topological polar surface area (TPSA) is 133 Å². The van der Waals surface area contributed by atoms with E-state index in [1.165, 1.54) is 16.6 Å². The number of pyridine rings is 2. The number of rotatable bonds is 4. The Bertz CT molecular complexity index is 1890. The fourth-order valence-electron chi connectivity index (χ4n) is 6.35. The maximum Gasteiger partial charge on any atom is 0.452 e. The molecule has 11 nitrogen and oxygen atoms in total. The third kappa shape index (κ3) is 3.86. The van der Waals surface area contributed by atoms with Gasteiger partial charge in [0.05, 0.1) is 13.0 Å². The smallest absolute Gasteiger partial charge is 0.452 e. The molecule has 3 aromatic heterocycles. The molecule has 3 aliphatic rings. The van der Waals surface area contributed by atoms with Gasteiger partial charge in [0.15, 0.2) is 11.5 Å². The Kier molecular flexibility index (Phi) is 5.63. The number of hydrogen-bond donors (Lipinski definition) is 2. The molecule has 15 heteroatoms. The van der Waals surface area contributed by atoms with Gasteiger partial charge in [-0.1, -0.05) is 12.1 Å². The number of benzene rings is 1. The van der Waals surface area contributed by atoms with Gasteiger partial charge in [0.2, 0.25) is 15.8 Å². The van der Waals surface area contributed by atoms with Crippen molar-refractivity contribution in [1.29, 1.82) is 0 Å². The number of hydrogen-bond acceptors (Lipinski definition) is 8. The van der Waals surface area contributed by atoms with Crippen molar-refractivity contribution in [3.8, 4) is 0 Å². The Morgan fingerprint density at radius 1 is 1.21 bits per heavy atom. The molecule has 0 aliphatic carbocycles. The summed E-state index contributed by atoms with van der Waals surface area (Å²) >= 11 is 0. The summed E-state index contributed by atoms with van der Waals surface area (Å²) in [4.78, 5) is 18.5. The van der Waals surface area contributed by atoms with Gasteiger partial charge < -0.3 is 15.3 Å². The molecule has 0 amide bonds. The molecule has 218 valence electrons. The number of aryl methyl sites for hydroxylation is 1. The summed E-state index contributed by atoms with van der Waals surface area (Å²) in [7, 11) is -3.91. The third-order valence-electron chi connectivity index (χ3n) is 8.45. The minimum Gasteiger partial charge on any atom is -0.481 e. The fourth-order valence-corrected chi connectivity index (χ4v) is 7.97. The molecule has 6 heterocycles. The van der Waals surface area contributed by atoms with Crippen LogP contribution in [0.25, 0.3) is 5.65 Å². The van der Waals surface area contributed by atoms with Crippen LogP contribution in [0.5, 0.6) is 0 Å². The highest BCUT2D eigenvalue weighted by Gasteiger charge is 2.54. The second-order valence-corrected chi connectivity index (χ2v) is 12.7. The molecule has 42 heavy (non-hydrogen) atoms. The lowest BCUT2D eigenvalue weighted by molar-refractivity contribution is -0.145. The number of sulfonamides is 1. The Balaban J connectivity index is 1.33. The molecule has 0 radical (unpaired) electrons. The van der Waals surface area contributed by atoms with Crippen molar-refractivity contribution >= 4 is 33.1 Å². The van der Waals surface area contributed by atoms with Crippen molar-refractivity contribution in [3.05, 3.63) is 76.9 Å². The van der Waals surface area contributed by atoms with Gasteiger partial charge in [-0.25, -0.2) is 13.4 Å². The molecule has 1 fully saturated rings. The highest BCUT2D eigenvalue weighted by atomic mass is 32.2. The Morgan fingerprint density at radius 3 is 2.74 bits per heavy atom. The van der Waals surface area contributed by atoms with Gasteiger partial charge in [-0.05, 0) is 53.4 Å². The van der Waals surface area contributed by atoms with Gasteiger partial charge in [-0.3, -0.25) is 9.20 Å². The summed E-state index contributed by atoms with van der Waals surface area (Å²) in [5.74, 6) is -2.61. The fraction of sp³-hybridized carbons (Fsp3) is 0.333. The average molecular weight is 600 g/mol. The van der Waals surface area contributed by atoms with Crippen LogP contribution in [0.2, 0.25) is 0 Å². The number of halogens is 3. The zero-order valence-corrected chi connectivity index (χ0v) is 22.9. The molecule has 1 aromatic carbocycles. The molecular formula is C27H24F3N7O4S. The Hall–Kier alpha value is -4.24. The van der Waals surface area contributed by atoms with Crippen molar-refractivity contribution in [1.82, 2.24) is 23.9 Å². The van der Waals surface area contributed by atoms with E-state index in [-0.39, 0.29) is 30.1 Å². The zero-order valence-electron chi connectivity index (χ0n) is 22.1. The summed E-state index contributed by atoms with van der Waals surface area (Å²) in [6, 6.07) is 9.96. The van der Waals surface area contributed by atoms with Crippen molar-refractivity contribution in [2.24, 2.45) is 0 Å². The quantitative estimate of drug-likeness (QED) is 0.361. The summed E-state index contributed by atoms with van der Waals surface area (Å²) in [5.41, 5.74) is 2.10. The number of carboxylic acid groups (broad SMARTS) is 1. The first kappa shape index (κ1) is 26.6. The standard InChI is InChI=1S/C27H24F3N7O4S/c1-15-18(6-9-36-23(15)33-34-25(36)27(28,29)30)19(12-22(38)39)16-4-5-20-17(11-16)13-35-14-26(32-20)7-10-37(26)24-21(42(35,40)41)3-2-8-31-24/h2-6,8-9,11,19,32H,7,10,12-14H2,1H3,(H,38,39)/t19-,26-/m1/s1.